The van der Waals surface area contributed by atoms with Crippen LogP contribution in [0.4, 0.5) is 20.5 Å². The van der Waals surface area contributed by atoms with E-state index < -0.39 is 11.6 Å². The first-order chi connectivity index (χ1) is 19.2. The summed E-state index contributed by atoms with van der Waals surface area (Å²) in [6, 6.07) is 7.02. The number of rotatable bonds is 7. The molecule has 1 aromatic carbocycles. The van der Waals surface area contributed by atoms with Gasteiger partial charge in [-0.2, -0.15) is 0 Å². The highest BCUT2D eigenvalue weighted by Gasteiger charge is 2.20. The summed E-state index contributed by atoms with van der Waals surface area (Å²) in [6.07, 6.45) is 5.13. The largest absolute Gasteiger partial charge is 0.326 e. The molecule has 0 aliphatic carbocycles. The van der Waals surface area contributed by atoms with Gasteiger partial charge in [0.25, 0.3) is 0 Å². The first-order valence-corrected chi connectivity index (χ1v) is 14.0. The number of fused-ring (bicyclic) bond motifs is 1. The van der Waals surface area contributed by atoms with Crippen molar-refractivity contribution in [3.63, 3.8) is 0 Å². The van der Waals surface area contributed by atoms with E-state index >= 15 is 4.39 Å². The lowest BCUT2D eigenvalue weighted by atomic mass is 9.87. The van der Waals surface area contributed by atoms with Crippen LogP contribution in [0.2, 0.25) is 0 Å². The molecule has 4 aromatic rings. The summed E-state index contributed by atoms with van der Waals surface area (Å²) in [5.74, 6) is 0.659. The third-order valence-corrected chi connectivity index (χ3v) is 7.64. The van der Waals surface area contributed by atoms with E-state index in [2.05, 4.69) is 57.0 Å². The van der Waals surface area contributed by atoms with E-state index in [9.17, 15) is 4.39 Å². The molecule has 1 saturated heterocycles. The van der Waals surface area contributed by atoms with E-state index in [0.29, 0.717) is 28.6 Å². The van der Waals surface area contributed by atoms with Gasteiger partial charge < -0.3 is 14.8 Å². The molecular formula is C31H37F2N7. The van der Waals surface area contributed by atoms with Crippen molar-refractivity contribution in [2.45, 2.75) is 60.4 Å². The molecule has 1 aliphatic heterocycles. The molecule has 0 saturated carbocycles. The van der Waals surface area contributed by atoms with Crippen LogP contribution in [-0.2, 0) is 0 Å². The molecule has 9 heteroatoms. The first kappa shape index (κ1) is 27.8. The maximum absolute atomic E-state index is 15.0. The summed E-state index contributed by atoms with van der Waals surface area (Å²) in [7, 11) is 0. The Labute approximate surface area is 234 Å². The van der Waals surface area contributed by atoms with Crippen LogP contribution in [0.15, 0.2) is 42.2 Å². The topological polar surface area (TPSA) is 71.8 Å². The third-order valence-electron chi connectivity index (χ3n) is 7.64. The summed E-state index contributed by atoms with van der Waals surface area (Å²) in [6.45, 7) is 15.8. The second-order valence-electron chi connectivity index (χ2n) is 11.0. The van der Waals surface area contributed by atoms with E-state index in [0.717, 1.165) is 44.2 Å². The molecular weight excluding hydrogens is 508 g/mol. The summed E-state index contributed by atoms with van der Waals surface area (Å²) in [4.78, 5) is 20.0. The van der Waals surface area contributed by atoms with Gasteiger partial charge in [-0.15, -0.1) is 0 Å². The Kier molecular flexibility index (Phi) is 7.94. The molecule has 7 nitrogen and oxygen atoms in total. The zero-order valence-corrected chi connectivity index (χ0v) is 24.1. The standard InChI is InChI=1S/C31H37F2N7/c1-7-39-12-10-21(11-13-39)28(18(2)3)22-8-9-27(34-16-22)37-31-35-17-25(33)29(38-31)23-14-24(32)30-26(15-23)40(19(4)5)20(6)36-30/h8-9,14-19H,7,10-13H2,1-6H3,(H,34,35,37,38). The lowest BCUT2D eigenvalue weighted by Gasteiger charge is -2.30. The number of nitrogens with one attached hydrogen (secondary N) is 1. The second-order valence-corrected chi connectivity index (χ2v) is 11.0. The Balaban J connectivity index is 1.42. The summed E-state index contributed by atoms with van der Waals surface area (Å²) in [5, 5.41) is 3.08. The lowest BCUT2D eigenvalue weighted by molar-refractivity contribution is 0.270. The van der Waals surface area contributed by atoms with E-state index in [1.165, 1.54) is 17.2 Å². The molecule has 1 fully saturated rings. The predicted octanol–water partition coefficient (Wildman–Crippen LogP) is 7.32. The summed E-state index contributed by atoms with van der Waals surface area (Å²) < 4.78 is 31.9. The minimum Gasteiger partial charge on any atom is -0.326 e. The number of hydrogen-bond acceptors (Lipinski definition) is 6. The first-order valence-electron chi connectivity index (χ1n) is 14.0. The molecule has 1 N–H and O–H groups in total. The van der Waals surface area contributed by atoms with Gasteiger partial charge in [0.1, 0.15) is 22.9 Å². The molecule has 4 heterocycles. The van der Waals surface area contributed by atoms with Crippen molar-refractivity contribution in [1.29, 1.82) is 0 Å². The Morgan fingerprint density at radius 1 is 0.975 bits per heavy atom. The molecule has 0 amide bonds. The van der Waals surface area contributed by atoms with Crippen molar-refractivity contribution in [3.8, 4) is 11.3 Å². The lowest BCUT2D eigenvalue weighted by Crippen LogP contribution is -2.30. The maximum Gasteiger partial charge on any atom is 0.229 e. The van der Waals surface area contributed by atoms with Crippen molar-refractivity contribution in [3.05, 3.63) is 65.3 Å². The van der Waals surface area contributed by atoms with Crippen molar-refractivity contribution >= 4 is 28.4 Å². The van der Waals surface area contributed by atoms with Crippen LogP contribution >= 0.6 is 0 Å². The van der Waals surface area contributed by atoms with Crippen LogP contribution in [0.3, 0.4) is 0 Å². The fraction of sp³-hybridized carbons (Fsp3) is 0.419. The molecule has 5 rings (SSSR count). The van der Waals surface area contributed by atoms with Crippen LogP contribution < -0.4 is 5.32 Å². The van der Waals surface area contributed by atoms with Crippen molar-refractivity contribution in [2.24, 2.45) is 5.92 Å². The van der Waals surface area contributed by atoms with Crippen molar-refractivity contribution < 1.29 is 8.78 Å². The van der Waals surface area contributed by atoms with E-state index in [1.54, 1.807) is 6.07 Å². The van der Waals surface area contributed by atoms with Gasteiger partial charge in [-0.1, -0.05) is 26.3 Å². The zero-order valence-electron chi connectivity index (χ0n) is 24.1. The average molecular weight is 546 g/mol. The van der Waals surface area contributed by atoms with Crippen LogP contribution in [0.1, 0.15) is 64.9 Å². The number of aryl methyl sites for hydroxylation is 1. The summed E-state index contributed by atoms with van der Waals surface area (Å²) in [5.41, 5.74) is 5.17. The Hall–Kier alpha value is -3.72. The molecule has 3 aromatic heterocycles. The van der Waals surface area contributed by atoms with Gasteiger partial charge in [-0.25, -0.2) is 28.7 Å². The number of anilines is 2. The number of imidazole rings is 1. The predicted molar refractivity (Wildman–Crippen MR) is 156 cm³/mol. The van der Waals surface area contributed by atoms with Crippen LogP contribution in [0.25, 0.3) is 27.9 Å². The van der Waals surface area contributed by atoms with E-state index in [4.69, 9.17) is 0 Å². The van der Waals surface area contributed by atoms with Gasteiger partial charge in [0.2, 0.25) is 5.95 Å². The zero-order chi connectivity index (χ0) is 28.6. The van der Waals surface area contributed by atoms with Gasteiger partial charge in [0.15, 0.2) is 11.6 Å². The number of pyridine rings is 1. The second kappa shape index (κ2) is 11.4. The molecule has 0 spiro atoms. The number of piperidine rings is 1. The van der Waals surface area contributed by atoms with Crippen molar-refractivity contribution in [2.75, 3.05) is 25.0 Å². The normalized spacial score (nSPS) is 14.5. The van der Waals surface area contributed by atoms with Gasteiger partial charge in [-0.05, 0) is 81.5 Å². The minimum absolute atomic E-state index is 0.00864. The quantitative estimate of drug-likeness (QED) is 0.262. The average Bonchev–Trinajstić information content (AvgIpc) is 3.27. The molecule has 0 atom stereocenters. The number of nitrogens with zero attached hydrogens (tertiary/aromatic N) is 6. The van der Waals surface area contributed by atoms with Gasteiger partial charge in [0.05, 0.1) is 11.7 Å². The molecule has 0 radical (unpaired) electrons. The summed E-state index contributed by atoms with van der Waals surface area (Å²) >= 11 is 0. The molecule has 0 unspecified atom stereocenters. The monoisotopic (exact) mass is 545 g/mol. The van der Waals surface area contributed by atoms with Crippen LogP contribution in [0.5, 0.6) is 0 Å². The molecule has 40 heavy (non-hydrogen) atoms. The Morgan fingerprint density at radius 2 is 1.73 bits per heavy atom. The van der Waals surface area contributed by atoms with E-state index in [-0.39, 0.29) is 23.2 Å². The molecule has 0 bridgehead atoms. The highest BCUT2D eigenvalue weighted by Crippen LogP contribution is 2.33. The number of likely N-dealkylation sites (tertiary alicyclic amines) is 1. The number of hydrogen-bond donors (Lipinski definition) is 1. The van der Waals surface area contributed by atoms with Crippen LogP contribution in [0, 0.1) is 24.5 Å². The van der Waals surface area contributed by atoms with Gasteiger partial charge >= 0.3 is 0 Å². The van der Waals surface area contributed by atoms with Crippen LogP contribution in [-0.4, -0.2) is 49.0 Å². The Morgan fingerprint density at radius 3 is 2.35 bits per heavy atom. The third kappa shape index (κ3) is 5.47. The fourth-order valence-corrected chi connectivity index (χ4v) is 5.78. The highest BCUT2D eigenvalue weighted by atomic mass is 19.1. The number of benzene rings is 1. The number of allylic oxidation sites excluding steroid dienone is 1. The van der Waals surface area contributed by atoms with Gasteiger partial charge in [-0.3, -0.25) is 0 Å². The molecule has 210 valence electrons. The molecule has 1 aliphatic rings. The minimum atomic E-state index is -0.637. The van der Waals surface area contributed by atoms with Crippen molar-refractivity contribution in [1.82, 2.24) is 29.4 Å². The van der Waals surface area contributed by atoms with E-state index in [1.807, 2.05) is 37.6 Å². The fourth-order valence-electron chi connectivity index (χ4n) is 5.78. The smallest absolute Gasteiger partial charge is 0.229 e. The highest BCUT2D eigenvalue weighted by molar-refractivity contribution is 5.83. The Bertz CT molecular complexity index is 1540. The number of halogens is 2. The number of aromatic nitrogens is 5. The maximum atomic E-state index is 15.0. The SMILES string of the molecule is CCN1CCC(=C(c2ccc(Nc3ncc(F)c(-c4cc(F)c5nc(C)n(C(C)C)c5c4)n3)nc2)C(C)C)CC1. The van der Waals surface area contributed by atoms with Gasteiger partial charge in [0, 0.05) is 30.9 Å².